The van der Waals surface area contributed by atoms with Gasteiger partial charge in [-0.3, -0.25) is 4.79 Å². The van der Waals surface area contributed by atoms with Crippen LogP contribution in [0.4, 0.5) is 0 Å². The predicted molar refractivity (Wildman–Crippen MR) is 120 cm³/mol. The summed E-state index contributed by atoms with van der Waals surface area (Å²) in [7, 11) is 0. The number of likely N-dealkylation sites (tertiary alicyclic amines) is 1. The third-order valence-corrected chi connectivity index (χ3v) is 6.72. The fourth-order valence-electron chi connectivity index (χ4n) is 4.22. The fraction of sp³-hybridized carbons (Fsp3) is 0.773. The van der Waals surface area contributed by atoms with E-state index >= 15 is 0 Å². The van der Waals surface area contributed by atoms with Gasteiger partial charge in [0.15, 0.2) is 5.96 Å². The SMILES string of the molecule is CCNC(=NCc1cnc(CC(C)C)s1)NC1CCN(C(=O)C2CCCCC2)C1. The molecule has 0 bridgehead atoms. The Morgan fingerprint density at radius 2 is 2.10 bits per heavy atom. The highest BCUT2D eigenvalue weighted by Gasteiger charge is 2.31. The van der Waals surface area contributed by atoms with Crippen molar-refractivity contribution in [2.45, 2.75) is 78.3 Å². The Bertz CT molecular complexity index is 680. The van der Waals surface area contributed by atoms with Gasteiger partial charge in [0.2, 0.25) is 5.91 Å². The van der Waals surface area contributed by atoms with E-state index in [-0.39, 0.29) is 12.0 Å². The molecule has 1 aromatic rings. The molecule has 2 fully saturated rings. The molecule has 2 aliphatic rings. The number of aromatic nitrogens is 1. The lowest BCUT2D eigenvalue weighted by Crippen LogP contribution is -2.45. The van der Waals surface area contributed by atoms with Crippen molar-refractivity contribution in [3.63, 3.8) is 0 Å². The molecule has 7 heteroatoms. The zero-order valence-corrected chi connectivity index (χ0v) is 19.1. The second-order valence-corrected chi connectivity index (χ2v) is 9.96. The summed E-state index contributed by atoms with van der Waals surface area (Å²) in [5.74, 6) is 2.09. The summed E-state index contributed by atoms with van der Waals surface area (Å²) >= 11 is 1.76. The number of thiazole rings is 1. The van der Waals surface area contributed by atoms with E-state index in [2.05, 4.69) is 41.3 Å². The Kier molecular flexibility index (Phi) is 8.33. The monoisotopic (exact) mass is 419 g/mol. The van der Waals surface area contributed by atoms with Crippen LogP contribution < -0.4 is 10.6 Å². The zero-order valence-electron chi connectivity index (χ0n) is 18.2. The van der Waals surface area contributed by atoms with Gasteiger partial charge < -0.3 is 15.5 Å². The second-order valence-electron chi connectivity index (χ2n) is 8.76. The van der Waals surface area contributed by atoms with Crippen LogP contribution in [0.5, 0.6) is 0 Å². The van der Waals surface area contributed by atoms with Gasteiger partial charge in [0.25, 0.3) is 0 Å². The molecule has 6 nitrogen and oxygen atoms in total. The summed E-state index contributed by atoms with van der Waals surface area (Å²) in [4.78, 5) is 25.3. The van der Waals surface area contributed by atoms with E-state index in [1.54, 1.807) is 11.3 Å². The minimum atomic E-state index is 0.260. The van der Waals surface area contributed by atoms with Crippen molar-refractivity contribution in [2.24, 2.45) is 16.8 Å². The van der Waals surface area contributed by atoms with Crippen molar-refractivity contribution in [2.75, 3.05) is 19.6 Å². The highest BCUT2D eigenvalue weighted by Crippen LogP contribution is 2.26. The Balaban J connectivity index is 1.51. The number of aliphatic imine (C=N–C) groups is 1. The molecule has 1 amide bonds. The molecule has 1 unspecified atom stereocenters. The van der Waals surface area contributed by atoms with Crippen LogP contribution in [0.2, 0.25) is 0 Å². The van der Waals surface area contributed by atoms with Gasteiger partial charge in [0.1, 0.15) is 0 Å². The van der Waals surface area contributed by atoms with Crippen LogP contribution in [0.3, 0.4) is 0 Å². The molecule has 1 atom stereocenters. The van der Waals surface area contributed by atoms with Gasteiger partial charge in [-0.05, 0) is 32.1 Å². The Morgan fingerprint density at radius 3 is 2.83 bits per heavy atom. The lowest BCUT2D eigenvalue weighted by Gasteiger charge is -2.26. The Hall–Kier alpha value is -1.63. The number of hydrogen-bond acceptors (Lipinski definition) is 4. The van der Waals surface area contributed by atoms with Gasteiger partial charge in [-0.1, -0.05) is 33.1 Å². The molecule has 29 heavy (non-hydrogen) atoms. The number of carbonyl (C=O) groups excluding carboxylic acids is 1. The standard InChI is InChI=1S/C22H37N5OS/c1-4-23-22(25-14-19-13-24-20(29-19)12-16(2)3)26-18-10-11-27(15-18)21(28)17-8-6-5-7-9-17/h13,16-18H,4-12,14-15H2,1-3H3,(H2,23,25,26). The van der Waals surface area contributed by atoms with E-state index < -0.39 is 0 Å². The van der Waals surface area contributed by atoms with E-state index in [0.29, 0.717) is 18.4 Å². The van der Waals surface area contributed by atoms with Crippen LogP contribution in [0.15, 0.2) is 11.2 Å². The van der Waals surface area contributed by atoms with Crippen molar-refractivity contribution in [3.8, 4) is 0 Å². The first kappa shape index (κ1) is 22.1. The maximum atomic E-state index is 12.8. The van der Waals surface area contributed by atoms with Crippen LogP contribution >= 0.6 is 11.3 Å². The maximum Gasteiger partial charge on any atom is 0.225 e. The van der Waals surface area contributed by atoms with Crippen molar-refractivity contribution in [3.05, 3.63) is 16.1 Å². The number of amides is 1. The molecule has 0 aromatic carbocycles. The minimum absolute atomic E-state index is 0.260. The van der Waals surface area contributed by atoms with Crippen LogP contribution in [0.1, 0.15) is 69.2 Å². The molecule has 1 saturated carbocycles. The molecule has 1 saturated heterocycles. The summed E-state index contributed by atoms with van der Waals surface area (Å²) in [5.41, 5.74) is 0. The fourth-order valence-corrected chi connectivity index (χ4v) is 5.28. The Labute approximate surface area is 179 Å². The number of nitrogens with one attached hydrogen (secondary N) is 2. The zero-order chi connectivity index (χ0) is 20.6. The van der Waals surface area contributed by atoms with Crippen molar-refractivity contribution in [1.29, 1.82) is 0 Å². The first-order valence-electron chi connectivity index (χ1n) is 11.3. The van der Waals surface area contributed by atoms with E-state index in [0.717, 1.165) is 51.3 Å². The molecule has 0 radical (unpaired) electrons. The Morgan fingerprint density at radius 1 is 1.31 bits per heavy atom. The van der Waals surface area contributed by atoms with Crippen molar-refractivity contribution >= 4 is 23.2 Å². The minimum Gasteiger partial charge on any atom is -0.357 e. The summed E-state index contributed by atoms with van der Waals surface area (Å²) < 4.78 is 0. The van der Waals surface area contributed by atoms with Crippen LogP contribution in [0.25, 0.3) is 0 Å². The summed E-state index contributed by atoms with van der Waals surface area (Å²) in [6.07, 6.45) is 9.82. The smallest absolute Gasteiger partial charge is 0.225 e. The third kappa shape index (κ3) is 6.69. The number of guanidine groups is 1. The molecule has 0 spiro atoms. The van der Waals surface area contributed by atoms with Gasteiger partial charge >= 0.3 is 0 Å². The molecule has 2 N–H and O–H groups in total. The predicted octanol–water partition coefficient (Wildman–Crippen LogP) is 3.58. The van der Waals surface area contributed by atoms with Crippen LogP contribution in [-0.4, -0.2) is 47.4 Å². The summed E-state index contributed by atoms with van der Waals surface area (Å²) in [5, 5.41) is 8.08. The first-order chi connectivity index (χ1) is 14.0. The van der Waals surface area contributed by atoms with E-state index in [1.807, 2.05) is 6.20 Å². The number of nitrogens with zero attached hydrogens (tertiary/aromatic N) is 3. The quantitative estimate of drug-likeness (QED) is 0.524. The number of rotatable bonds is 7. The average Bonchev–Trinajstić information content (AvgIpc) is 3.35. The molecular formula is C22H37N5OS. The van der Waals surface area contributed by atoms with E-state index in [9.17, 15) is 4.79 Å². The normalized spacial score (nSPS) is 21.0. The first-order valence-corrected chi connectivity index (χ1v) is 12.1. The van der Waals surface area contributed by atoms with Gasteiger partial charge in [-0.25, -0.2) is 9.98 Å². The number of hydrogen-bond donors (Lipinski definition) is 2. The largest absolute Gasteiger partial charge is 0.357 e. The number of carbonyl (C=O) groups is 1. The summed E-state index contributed by atoms with van der Waals surface area (Å²) in [6, 6.07) is 0.276. The van der Waals surface area contributed by atoms with Gasteiger partial charge in [-0.15, -0.1) is 11.3 Å². The second kappa shape index (κ2) is 11.0. The van der Waals surface area contributed by atoms with Gasteiger partial charge in [-0.2, -0.15) is 0 Å². The van der Waals surface area contributed by atoms with Crippen molar-refractivity contribution in [1.82, 2.24) is 20.5 Å². The lowest BCUT2D eigenvalue weighted by molar-refractivity contribution is -0.135. The van der Waals surface area contributed by atoms with Crippen LogP contribution in [0, 0.1) is 11.8 Å². The molecule has 1 aliphatic carbocycles. The van der Waals surface area contributed by atoms with Gasteiger partial charge in [0, 0.05) is 49.1 Å². The van der Waals surface area contributed by atoms with Crippen LogP contribution in [-0.2, 0) is 17.8 Å². The molecule has 162 valence electrons. The highest BCUT2D eigenvalue weighted by molar-refractivity contribution is 7.11. The molecule has 1 aromatic heterocycles. The third-order valence-electron chi connectivity index (χ3n) is 5.72. The van der Waals surface area contributed by atoms with E-state index in [1.165, 1.54) is 29.1 Å². The molecule has 1 aliphatic heterocycles. The van der Waals surface area contributed by atoms with Gasteiger partial charge in [0.05, 0.1) is 11.6 Å². The van der Waals surface area contributed by atoms with E-state index in [4.69, 9.17) is 4.99 Å². The maximum absolute atomic E-state index is 12.8. The van der Waals surface area contributed by atoms with Crippen molar-refractivity contribution < 1.29 is 4.79 Å². The topological polar surface area (TPSA) is 69.6 Å². The molecular weight excluding hydrogens is 382 g/mol. The highest BCUT2D eigenvalue weighted by atomic mass is 32.1. The molecule has 2 heterocycles. The molecule has 3 rings (SSSR count). The average molecular weight is 420 g/mol. The summed E-state index contributed by atoms with van der Waals surface area (Å²) in [6.45, 7) is 9.64. The lowest BCUT2D eigenvalue weighted by atomic mass is 9.88.